The molecule has 126 valence electrons. The Bertz CT molecular complexity index is 770. The van der Waals surface area contributed by atoms with E-state index in [4.69, 9.17) is 4.74 Å². The van der Waals surface area contributed by atoms with Gasteiger partial charge in [0.1, 0.15) is 5.75 Å². The van der Waals surface area contributed by atoms with Crippen molar-refractivity contribution in [2.45, 2.75) is 51.7 Å². The van der Waals surface area contributed by atoms with Crippen LogP contribution in [0.2, 0.25) is 0 Å². The first kappa shape index (κ1) is 15.6. The van der Waals surface area contributed by atoms with Gasteiger partial charge in [-0.3, -0.25) is 4.79 Å². The number of amides is 1. The van der Waals surface area contributed by atoms with Crippen molar-refractivity contribution in [3.8, 4) is 5.75 Å². The van der Waals surface area contributed by atoms with Gasteiger partial charge in [-0.1, -0.05) is 17.7 Å². The van der Waals surface area contributed by atoms with E-state index in [1.807, 2.05) is 24.0 Å². The highest BCUT2D eigenvalue weighted by Gasteiger charge is 2.37. The third-order valence-corrected chi connectivity index (χ3v) is 5.74. The minimum atomic E-state index is -0.361. The van der Waals surface area contributed by atoms with Gasteiger partial charge in [-0.15, -0.1) is 11.3 Å². The topological polar surface area (TPSA) is 42.4 Å². The highest BCUT2D eigenvalue weighted by Crippen LogP contribution is 2.35. The molecule has 2 aliphatic rings. The number of likely N-dealkylation sites (tertiary alicyclic amines) is 1. The van der Waals surface area contributed by atoms with E-state index in [1.54, 1.807) is 11.3 Å². The second-order valence-corrected chi connectivity index (χ2v) is 7.80. The fourth-order valence-electron chi connectivity index (χ4n) is 3.75. The Kier molecular flexibility index (Phi) is 4.04. The lowest BCUT2D eigenvalue weighted by Crippen LogP contribution is -2.43. The summed E-state index contributed by atoms with van der Waals surface area (Å²) >= 11 is 1.65. The molecule has 2 atom stereocenters. The van der Waals surface area contributed by atoms with Crippen LogP contribution in [0.3, 0.4) is 0 Å². The maximum Gasteiger partial charge on any atom is 0.264 e. The second kappa shape index (κ2) is 6.20. The Balaban J connectivity index is 1.52. The average molecular weight is 342 g/mol. The number of thiazole rings is 1. The first-order chi connectivity index (χ1) is 11.6. The zero-order chi connectivity index (χ0) is 16.7. The molecule has 0 saturated carbocycles. The third-order valence-electron chi connectivity index (χ3n) is 4.95. The normalized spacial score (nSPS) is 23.0. The van der Waals surface area contributed by atoms with Crippen LogP contribution in [0.25, 0.3) is 0 Å². The number of carbonyl (C=O) groups excluding carboxylic acids is 1. The molecule has 4 nitrogen and oxygen atoms in total. The third kappa shape index (κ3) is 2.81. The molecule has 4 rings (SSSR count). The summed E-state index contributed by atoms with van der Waals surface area (Å²) in [7, 11) is 0. The van der Waals surface area contributed by atoms with Crippen LogP contribution in [0.15, 0.2) is 23.6 Å². The summed E-state index contributed by atoms with van der Waals surface area (Å²) in [4.78, 5) is 19.6. The molecule has 3 heterocycles. The molecule has 1 saturated heterocycles. The van der Waals surface area contributed by atoms with E-state index >= 15 is 0 Å². The second-order valence-electron chi connectivity index (χ2n) is 6.74. The Morgan fingerprint density at radius 3 is 3.00 bits per heavy atom. The smallest absolute Gasteiger partial charge is 0.264 e. The number of carbonyl (C=O) groups is 1. The molecular formula is C19H22N2O2S. The summed E-state index contributed by atoms with van der Waals surface area (Å²) in [6, 6.07) is 6.32. The number of aromatic nitrogens is 1. The molecule has 0 aliphatic carbocycles. The molecule has 1 fully saturated rings. The van der Waals surface area contributed by atoms with Gasteiger partial charge in [-0.2, -0.15) is 0 Å². The van der Waals surface area contributed by atoms with Gasteiger partial charge in [-0.25, -0.2) is 4.98 Å². The number of nitrogens with zero attached hydrogens (tertiary/aromatic N) is 2. The van der Waals surface area contributed by atoms with Gasteiger partial charge in [0.15, 0.2) is 6.10 Å². The van der Waals surface area contributed by atoms with E-state index < -0.39 is 0 Å². The van der Waals surface area contributed by atoms with Gasteiger partial charge in [-0.05, 0) is 51.2 Å². The predicted octanol–water partition coefficient (Wildman–Crippen LogP) is 3.82. The number of rotatable bonds is 2. The van der Waals surface area contributed by atoms with Crippen molar-refractivity contribution in [2.75, 3.05) is 6.54 Å². The molecule has 0 radical (unpaired) electrons. The Hall–Kier alpha value is -1.88. The zero-order valence-corrected chi connectivity index (χ0v) is 14.9. The van der Waals surface area contributed by atoms with Gasteiger partial charge in [0.05, 0.1) is 16.7 Å². The minimum absolute atomic E-state index is 0.116. The van der Waals surface area contributed by atoms with Gasteiger partial charge < -0.3 is 9.64 Å². The maximum absolute atomic E-state index is 13.0. The lowest BCUT2D eigenvalue weighted by molar-refractivity contribution is -0.140. The van der Waals surface area contributed by atoms with Crippen molar-refractivity contribution in [1.29, 1.82) is 0 Å². The summed E-state index contributed by atoms with van der Waals surface area (Å²) in [6.45, 7) is 4.90. The van der Waals surface area contributed by atoms with Crippen molar-refractivity contribution in [3.05, 3.63) is 45.4 Å². The summed E-state index contributed by atoms with van der Waals surface area (Å²) in [6.07, 6.45) is 3.34. The van der Waals surface area contributed by atoms with Crippen LogP contribution in [0.4, 0.5) is 0 Å². The maximum atomic E-state index is 13.0. The Morgan fingerprint density at radius 2 is 2.21 bits per heavy atom. The number of fused-ring (bicyclic) bond motifs is 1. The van der Waals surface area contributed by atoms with Crippen LogP contribution >= 0.6 is 11.3 Å². The van der Waals surface area contributed by atoms with Gasteiger partial charge in [0.2, 0.25) is 0 Å². The SMILES string of the molecule is Cc1ccc2c(c1)CC[C@@H](C(=O)N1CCC[C@@H]1c1csc(C)n1)O2. The molecule has 0 spiro atoms. The molecule has 1 aromatic heterocycles. The molecule has 24 heavy (non-hydrogen) atoms. The fourth-order valence-corrected chi connectivity index (χ4v) is 4.41. The minimum Gasteiger partial charge on any atom is -0.480 e. The first-order valence-corrected chi connectivity index (χ1v) is 9.48. The van der Waals surface area contributed by atoms with Crippen LogP contribution in [-0.4, -0.2) is 28.4 Å². The lowest BCUT2D eigenvalue weighted by atomic mass is 9.99. The van der Waals surface area contributed by atoms with Crippen LogP contribution in [0.1, 0.15) is 47.1 Å². The summed E-state index contributed by atoms with van der Waals surface area (Å²) in [5.41, 5.74) is 3.49. The number of hydrogen-bond donors (Lipinski definition) is 0. The number of aryl methyl sites for hydroxylation is 3. The van der Waals surface area contributed by atoms with Gasteiger partial charge in [0.25, 0.3) is 5.91 Å². The van der Waals surface area contributed by atoms with Crippen molar-refractivity contribution < 1.29 is 9.53 Å². The van der Waals surface area contributed by atoms with E-state index in [1.165, 1.54) is 11.1 Å². The summed E-state index contributed by atoms with van der Waals surface area (Å²) in [5, 5.41) is 3.15. The average Bonchev–Trinajstić information content (AvgIpc) is 3.22. The summed E-state index contributed by atoms with van der Waals surface area (Å²) < 4.78 is 6.04. The van der Waals surface area contributed by atoms with E-state index in [2.05, 4.69) is 23.4 Å². The predicted molar refractivity (Wildman–Crippen MR) is 94.5 cm³/mol. The molecule has 2 aromatic rings. The molecule has 1 aromatic carbocycles. The Morgan fingerprint density at radius 1 is 1.33 bits per heavy atom. The quantitative estimate of drug-likeness (QED) is 0.833. The largest absolute Gasteiger partial charge is 0.480 e. The molecule has 0 N–H and O–H groups in total. The fraction of sp³-hybridized carbons (Fsp3) is 0.474. The first-order valence-electron chi connectivity index (χ1n) is 8.60. The molecule has 0 unspecified atom stereocenters. The Labute approximate surface area is 146 Å². The molecule has 2 aliphatic heterocycles. The van der Waals surface area contributed by atoms with E-state index in [9.17, 15) is 4.79 Å². The monoisotopic (exact) mass is 342 g/mol. The van der Waals surface area contributed by atoms with Crippen molar-refractivity contribution in [1.82, 2.24) is 9.88 Å². The van der Waals surface area contributed by atoms with E-state index in [-0.39, 0.29) is 18.1 Å². The van der Waals surface area contributed by atoms with Crippen molar-refractivity contribution in [2.24, 2.45) is 0 Å². The summed E-state index contributed by atoms with van der Waals surface area (Å²) in [5.74, 6) is 0.986. The van der Waals surface area contributed by atoms with Crippen LogP contribution in [-0.2, 0) is 11.2 Å². The van der Waals surface area contributed by atoms with Crippen LogP contribution < -0.4 is 4.74 Å². The van der Waals surface area contributed by atoms with Gasteiger partial charge in [0, 0.05) is 11.9 Å². The molecule has 1 amide bonds. The van der Waals surface area contributed by atoms with Gasteiger partial charge >= 0.3 is 0 Å². The van der Waals surface area contributed by atoms with E-state index in [0.717, 1.165) is 48.7 Å². The standard InChI is InChI=1S/C19H22N2O2S/c1-12-5-7-17-14(10-12)6-8-18(23-17)19(22)21-9-3-4-16(21)15-11-24-13(2)20-15/h5,7,10-11,16,18H,3-4,6,8-9H2,1-2H3/t16-,18+/m1/s1. The van der Waals surface area contributed by atoms with Crippen molar-refractivity contribution in [3.63, 3.8) is 0 Å². The number of benzene rings is 1. The zero-order valence-electron chi connectivity index (χ0n) is 14.1. The molecular weight excluding hydrogens is 320 g/mol. The number of ether oxygens (including phenoxy) is 1. The lowest BCUT2D eigenvalue weighted by Gasteiger charge is -2.31. The molecule has 0 bridgehead atoms. The van der Waals surface area contributed by atoms with Crippen LogP contribution in [0.5, 0.6) is 5.75 Å². The van der Waals surface area contributed by atoms with Crippen molar-refractivity contribution >= 4 is 17.2 Å². The number of hydrogen-bond acceptors (Lipinski definition) is 4. The highest BCUT2D eigenvalue weighted by molar-refractivity contribution is 7.09. The highest BCUT2D eigenvalue weighted by atomic mass is 32.1. The molecule has 5 heteroatoms. The van der Waals surface area contributed by atoms with E-state index in [0.29, 0.717) is 0 Å². The van der Waals surface area contributed by atoms with Crippen LogP contribution in [0, 0.1) is 13.8 Å².